The van der Waals surface area contributed by atoms with Gasteiger partial charge in [-0.05, 0) is 115 Å². The van der Waals surface area contributed by atoms with Crippen LogP contribution in [0.4, 0.5) is 0 Å². The molecule has 71 heavy (non-hydrogen) atoms. The molecule has 9 rings (SSSR count). The van der Waals surface area contributed by atoms with Crippen molar-refractivity contribution in [3.8, 4) is 28.7 Å². The molecule has 3 aromatic heterocycles. The number of nitrogens with zero attached hydrogens (tertiary/aromatic N) is 4. The number of pyridine rings is 1. The Morgan fingerprint density at radius 2 is 1.03 bits per heavy atom. The number of imidazole rings is 1. The van der Waals surface area contributed by atoms with Crippen molar-refractivity contribution in [3.63, 3.8) is 0 Å². The van der Waals surface area contributed by atoms with Crippen molar-refractivity contribution in [1.29, 1.82) is 0 Å². The smallest absolute Gasteiger partial charge is 0.269 e. The van der Waals surface area contributed by atoms with Gasteiger partial charge in [0.05, 0.1) is 28.1 Å². The van der Waals surface area contributed by atoms with Crippen LogP contribution in [0.3, 0.4) is 0 Å². The normalized spacial score (nSPS) is 13.1. The number of aromatic nitrogens is 4. The summed E-state index contributed by atoms with van der Waals surface area (Å²) in [5, 5.41) is 2.41. The molecule has 364 valence electrons. The monoisotopic (exact) mass is 939 g/mol. The Morgan fingerprint density at radius 3 is 1.62 bits per heavy atom. The van der Waals surface area contributed by atoms with E-state index in [4.69, 9.17) is 9.72 Å². The Kier molecular flexibility index (Phi) is 12.2. The van der Waals surface area contributed by atoms with Crippen LogP contribution >= 0.6 is 0 Å². The number of hydrogen-bond donors (Lipinski definition) is 0. The van der Waals surface area contributed by atoms with Gasteiger partial charge in [0.2, 0.25) is 0 Å². The molecule has 0 amide bonds. The van der Waals surface area contributed by atoms with E-state index in [1.165, 1.54) is 44.2 Å². The zero-order chi connectivity index (χ0) is 51.1. The predicted octanol–water partition coefficient (Wildman–Crippen LogP) is 16.7. The highest BCUT2D eigenvalue weighted by molar-refractivity contribution is 6.11. The first-order chi connectivity index (χ1) is 33.2. The number of para-hydroxylation sites is 1. The van der Waals surface area contributed by atoms with Crippen molar-refractivity contribution in [2.45, 2.75) is 143 Å². The molecule has 0 aliphatic carbocycles. The molecule has 0 spiro atoms. The number of ether oxygens (including phenoxy) is 1. The largest absolute Gasteiger partial charge is 0.458 e. The second-order valence-electron chi connectivity index (χ2n) is 25.0. The Labute approximate surface area is 424 Å². The highest BCUT2D eigenvalue weighted by Crippen LogP contribution is 2.44. The molecule has 9 aromatic rings. The van der Waals surface area contributed by atoms with Crippen LogP contribution < -0.4 is 9.30 Å². The molecule has 6 aromatic carbocycles. The van der Waals surface area contributed by atoms with Crippen LogP contribution in [-0.4, -0.2) is 14.1 Å². The molecule has 0 fully saturated rings. The van der Waals surface area contributed by atoms with E-state index in [9.17, 15) is 0 Å². The van der Waals surface area contributed by atoms with E-state index in [2.05, 4.69) is 283 Å². The third-order valence-corrected chi connectivity index (χ3v) is 14.8. The van der Waals surface area contributed by atoms with Gasteiger partial charge in [-0.3, -0.25) is 13.7 Å². The molecule has 0 atom stereocenters. The van der Waals surface area contributed by atoms with Crippen LogP contribution in [0.25, 0.3) is 39.0 Å². The average Bonchev–Trinajstić information content (AvgIpc) is 3.92. The number of benzene rings is 6. The van der Waals surface area contributed by atoms with Crippen LogP contribution in [0, 0.1) is 6.33 Å². The second kappa shape index (κ2) is 17.5. The van der Waals surface area contributed by atoms with Crippen molar-refractivity contribution >= 4 is 21.8 Å². The maximum absolute atomic E-state index is 7.36. The zero-order valence-electron chi connectivity index (χ0n) is 45.2. The summed E-state index contributed by atoms with van der Waals surface area (Å²) >= 11 is 0. The third-order valence-electron chi connectivity index (χ3n) is 14.8. The van der Waals surface area contributed by atoms with E-state index < -0.39 is 5.41 Å². The summed E-state index contributed by atoms with van der Waals surface area (Å²) in [6.45, 7) is 36.7. The van der Waals surface area contributed by atoms with Crippen LogP contribution in [0.5, 0.6) is 11.5 Å². The molecule has 0 aliphatic heterocycles. The highest BCUT2D eigenvalue weighted by atomic mass is 16.5. The first-order valence-electron chi connectivity index (χ1n) is 25.4. The van der Waals surface area contributed by atoms with Crippen LogP contribution in [0.1, 0.15) is 155 Å². The van der Waals surface area contributed by atoms with Gasteiger partial charge in [0, 0.05) is 40.1 Å². The minimum Gasteiger partial charge on any atom is -0.458 e. The fourth-order valence-electron chi connectivity index (χ4n) is 10.0. The Bertz CT molecular complexity index is 3380. The summed E-state index contributed by atoms with van der Waals surface area (Å²) in [4.78, 5) is 5.03. The van der Waals surface area contributed by atoms with Gasteiger partial charge in [-0.1, -0.05) is 196 Å². The molecular weight excluding hydrogens is 865 g/mol. The van der Waals surface area contributed by atoms with Gasteiger partial charge >= 0.3 is 0 Å². The van der Waals surface area contributed by atoms with E-state index in [0.717, 1.165) is 51.0 Å². The van der Waals surface area contributed by atoms with E-state index in [1.54, 1.807) is 0 Å². The first-order valence-corrected chi connectivity index (χ1v) is 25.4. The number of rotatable bonds is 9. The summed E-state index contributed by atoms with van der Waals surface area (Å²) in [5.74, 6) is 2.41. The van der Waals surface area contributed by atoms with Gasteiger partial charge < -0.3 is 4.74 Å². The van der Waals surface area contributed by atoms with E-state index in [0.29, 0.717) is 0 Å². The summed E-state index contributed by atoms with van der Waals surface area (Å²) < 4.78 is 14.2. The molecule has 5 heteroatoms. The summed E-state index contributed by atoms with van der Waals surface area (Å²) in [5.41, 5.74) is 12.8. The third kappa shape index (κ3) is 9.49. The lowest BCUT2D eigenvalue weighted by atomic mass is 9.78. The quantitative estimate of drug-likeness (QED) is 0.107. The lowest BCUT2D eigenvalue weighted by Crippen LogP contribution is -2.30. The van der Waals surface area contributed by atoms with Gasteiger partial charge in [-0.2, -0.15) is 0 Å². The minimum atomic E-state index is -0.415. The SMILES string of the molecule is CC(C)(C)c1cc(-[n+]2[c-]n(-c3cc(Oc4cc(C(C)(C)C)c5c6ccccc6n(-c6cc(C(C)(C)C)ccn6)c5c4)cc(C(C)(C)c4ccccc4)c3)c(C(C)(C)c3ccccc3)c2)cc(C(C)(C)C)c1. The lowest BCUT2D eigenvalue weighted by Gasteiger charge is -2.29. The second-order valence-corrected chi connectivity index (χ2v) is 25.0. The van der Waals surface area contributed by atoms with Crippen molar-refractivity contribution in [1.82, 2.24) is 14.1 Å². The summed E-state index contributed by atoms with van der Waals surface area (Å²) in [6.07, 6.45) is 8.17. The lowest BCUT2D eigenvalue weighted by molar-refractivity contribution is -0.599. The van der Waals surface area contributed by atoms with Crippen LogP contribution in [0.15, 0.2) is 158 Å². The van der Waals surface area contributed by atoms with Crippen molar-refractivity contribution in [3.05, 3.63) is 209 Å². The molecule has 0 radical (unpaired) electrons. The molecule has 3 heterocycles. The van der Waals surface area contributed by atoms with Gasteiger partial charge in [-0.25, -0.2) is 4.98 Å². The molecule has 0 saturated carbocycles. The zero-order valence-corrected chi connectivity index (χ0v) is 45.2. The summed E-state index contributed by atoms with van der Waals surface area (Å²) in [6, 6.07) is 53.1. The molecule has 0 saturated heterocycles. The molecule has 5 nitrogen and oxygen atoms in total. The van der Waals surface area contributed by atoms with E-state index in [1.807, 2.05) is 6.20 Å². The fourth-order valence-corrected chi connectivity index (χ4v) is 10.0. The van der Waals surface area contributed by atoms with E-state index >= 15 is 0 Å². The molecule has 0 N–H and O–H groups in total. The van der Waals surface area contributed by atoms with Crippen LogP contribution in [0.2, 0.25) is 0 Å². The Morgan fingerprint density at radius 1 is 0.465 bits per heavy atom. The van der Waals surface area contributed by atoms with Gasteiger partial charge in [0.15, 0.2) is 0 Å². The maximum atomic E-state index is 7.36. The topological polar surface area (TPSA) is 35.9 Å². The van der Waals surface area contributed by atoms with Gasteiger partial charge in [-0.15, -0.1) is 0 Å². The highest BCUT2D eigenvalue weighted by Gasteiger charge is 2.32. The Hall–Kier alpha value is -6.72. The standard InChI is InChI=1S/C66H74N4O/c1-61(2,3)46-31-32-67-59(38-46)70-56-30-24-23-29-54(56)60-55(64(10,11)12)40-53(41-57(60)70)71-52-37-49(65(13,14)44-25-19-17-20-26-44)36-51(39-52)69-43-68(42-58(69)66(15,16)45-27-21-18-22-28-45)50-34-47(62(4,5)6)33-48(35-50)63(7,8)9/h17-42H,1-16H3. The van der Waals surface area contributed by atoms with Gasteiger partial charge in [0.25, 0.3) is 6.33 Å². The molecule has 0 unspecified atom stereocenters. The fraction of sp³-hybridized carbons (Fsp3) is 0.333. The number of fused-ring (bicyclic) bond motifs is 3. The van der Waals surface area contributed by atoms with E-state index in [-0.39, 0.29) is 27.1 Å². The average molecular weight is 939 g/mol. The summed E-state index contributed by atoms with van der Waals surface area (Å²) in [7, 11) is 0. The van der Waals surface area contributed by atoms with Crippen molar-refractivity contribution in [2.24, 2.45) is 0 Å². The van der Waals surface area contributed by atoms with Crippen molar-refractivity contribution in [2.75, 3.05) is 0 Å². The molecule has 0 bridgehead atoms. The molecule has 0 aliphatic rings. The number of hydrogen-bond acceptors (Lipinski definition) is 2. The maximum Gasteiger partial charge on any atom is 0.269 e. The Balaban J connectivity index is 1.31. The van der Waals surface area contributed by atoms with Crippen LogP contribution in [-0.2, 0) is 32.5 Å². The van der Waals surface area contributed by atoms with Crippen molar-refractivity contribution < 1.29 is 9.30 Å². The minimum absolute atomic E-state index is 0.0457. The van der Waals surface area contributed by atoms with Gasteiger partial charge in [0.1, 0.15) is 17.3 Å². The predicted molar refractivity (Wildman–Crippen MR) is 297 cm³/mol. The molecular formula is C66H74N4O. The first kappa shape index (κ1) is 49.3.